The molecule has 10 heteroatoms. The lowest BCUT2D eigenvalue weighted by Gasteiger charge is -2.38. The number of carbonyl (C=O) groups excluding carboxylic acids is 1. The van der Waals surface area contributed by atoms with E-state index in [-0.39, 0.29) is 31.1 Å². The second-order valence-corrected chi connectivity index (χ2v) is 6.80. The van der Waals surface area contributed by atoms with Crippen molar-refractivity contribution in [3.05, 3.63) is 66.3 Å². The van der Waals surface area contributed by atoms with E-state index in [4.69, 9.17) is 4.74 Å². The molecule has 1 aliphatic rings. The Morgan fingerprint density at radius 1 is 1.27 bits per heavy atom. The number of carbonyl (C=O) groups is 1. The van der Waals surface area contributed by atoms with Gasteiger partial charge in [-0.2, -0.15) is 13.2 Å². The zero-order valence-electron chi connectivity index (χ0n) is 15.9. The lowest BCUT2D eigenvalue weighted by molar-refractivity contribution is -0.137. The average molecular weight is 424 g/mol. The fraction of sp³-hybridized carbons (Fsp3) is 0.350. The molecule has 0 unspecified atom stereocenters. The Morgan fingerprint density at radius 2 is 1.93 bits per heavy atom. The SMILES string of the molecule is C=CC(=O)N1CC[C@@H](OCc2ccc(C(F)(F)F)cc2)[C@H](Nc2ncc(F)cn2)C1. The van der Waals surface area contributed by atoms with Gasteiger partial charge in [-0.1, -0.05) is 18.7 Å². The van der Waals surface area contributed by atoms with Crippen LogP contribution in [0.15, 0.2) is 49.3 Å². The predicted octanol–water partition coefficient (Wildman–Crippen LogP) is 3.42. The summed E-state index contributed by atoms with van der Waals surface area (Å²) in [6, 6.07) is 4.34. The van der Waals surface area contributed by atoms with Crippen molar-refractivity contribution >= 4 is 11.9 Å². The maximum Gasteiger partial charge on any atom is 0.416 e. The summed E-state index contributed by atoms with van der Waals surface area (Å²) in [5.74, 6) is -0.636. The molecule has 1 amide bonds. The van der Waals surface area contributed by atoms with Crippen molar-refractivity contribution in [2.24, 2.45) is 0 Å². The van der Waals surface area contributed by atoms with E-state index in [1.165, 1.54) is 18.2 Å². The summed E-state index contributed by atoms with van der Waals surface area (Å²) in [6.07, 6.45) is -1.02. The third kappa shape index (κ3) is 5.53. The molecule has 2 atom stereocenters. The number of piperidine rings is 1. The third-order valence-electron chi connectivity index (χ3n) is 4.72. The Morgan fingerprint density at radius 3 is 2.53 bits per heavy atom. The number of likely N-dealkylation sites (tertiary alicyclic amines) is 1. The van der Waals surface area contributed by atoms with E-state index in [2.05, 4.69) is 21.9 Å². The quantitative estimate of drug-likeness (QED) is 0.569. The minimum absolute atomic E-state index is 0.0979. The number of halogens is 4. The number of benzene rings is 1. The second kappa shape index (κ2) is 9.21. The first-order valence-electron chi connectivity index (χ1n) is 9.19. The number of amides is 1. The van der Waals surface area contributed by atoms with Crippen LogP contribution in [0.3, 0.4) is 0 Å². The van der Waals surface area contributed by atoms with Crippen molar-refractivity contribution in [2.75, 3.05) is 18.4 Å². The topological polar surface area (TPSA) is 67.3 Å². The van der Waals surface area contributed by atoms with E-state index in [0.717, 1.165) is 24.5 Å². The number of anilines is 1. The largest absolute Gasteiger partial charge is 0.416 e. The molecule has 0 radical (unpaired) electrons. The summed E-state index contributed by atoms with van der Waals surface area (Å²) in [6.45, 7) is 4.30. The first kappa shape index (κ1) is 21.7. The lowest BCUT2D eigenvalue weighted by atomic mass is 10.0. The molecule has 2 aromatic rings. The van der Waals surface area contributed by atoms with Crippen LogP contribution in [0.25, 0.3) is 0 Å². The molecule has 30 heavy (non-hydrogen) atoms. The molecular weight excluding hydrogens is 404 g/mol. The van der Waals surface area contributed by atoms with Gasteiger partial charge in [-0.15, -0.1) is 0 Å². The van der Waals surface area contributed by atoms with Crippen molar-refractivity contribution in [2.45, 2.75) is 31.3 Å². The van der Waals surface area contributed by atoms with Crippen LogP contribution < -0.4 is 5.32 Å². The Bertz CT molecular complexity index is 872. The highest BCUT2D eigenvalue weighted by molar-refractivity contribution is 5.87. The number of aromatic nitrogens is 2. The third-order valence-corrected chi connectivity index (χ3v) is 4.72. The number of hydrogen-bond acceptors (Lipinski definition) is 5. The van der Waals surface area contributed by atoms with Gasteiger partial charge in [-0.05, 0) is 30.2 Å². The minimum Gasteiger partial charge on any atom is -0.371 e. The van der Waals surface area contributed by atoms with E-state index in [1.807, 2.05) is 0 Å². The summed E-state index contributed by atoms with van der Waals surface area (Å²) < 4.78 is 57.1. The summed E-state index contributed by atoms with van der Waals surface area (Å²) in [5, 5.41) is 3.04. The van der Waals surface area contributed by atoms with Gasteiger partial charge < -0.3 is 15.0 Å². The lowest BCUT2D eigenvalue weighted by Crippen LogP contribution is -2.53. The zero-order chi connectivity index (χ0) is 21.7. The second-order valence-electron chi connectivity index (χ2n) is 6.80. The molecule has 0 saturated carbocycles. The smallest absolute Gasteiger partial charge is 0.371 e. The fourth-order valence-corrected chi connectivity index (χ4v) is 3.14. The monoisotopic (exact) mass is 424 g/mol. The molecule has 0 bridgehead atoms. The molecule has 1 aromatic heterocycles. The molecule has 2 heterocycles. The minimum atomic E-state index is -4.39. The maximum atomic E-state index is 13.1. The molecule has 3 rings (SSSR count). The van der Waals surface area contributed by atoms with Crippen LogP contribution in [0.5, 0.6) is 0 Å². The Balaban J connectivity index is 1.68. The highest BCUT2D eigenvalue weighted by Gasteiger charge is 2.32. The van der Waals surface area contributed by atoms with E-state index in [0.29, 0.717) is 18.5 Å². The highest BCUT2D eigenvalue weighted by atomic mass is 19.4. The van der Waals surface area contributed by atoms with Gasteiger partial charge >= 0.3 is 6.18 Å². The predicted molar refractivity (Wildman–Crippen MR) is 101 cm³/mol. The van der Waals surface area contributed by atoms with E-state index >= 15 is 0 Å². The van der Waals surface area contributed by atoms with Gasteiger partial charge in [-0.25, -0.2) is 14.4 Å². The first-order valence-corrected chi connectivity index (χ1v) is 9.19. The van der Waals surface area contributed by atoms with Crippen LogP contribution in [0.1, 0.15) is 17.5 Å². The van der Waals surface area contributed by atoms with Gasteiger partial charge in [-0.3, -0.25) is 4.79 Å². The van der Waals surface area contributed by atoms with Crippen LogP contribution in [-0.2, 0) is 22.3 Å². The number of rotatable bonds is 6. The van der Waals surface area contributed by atoms with Crippen molar-refractivity contribution < 1.29 is 27.1 Å². The van der Waals surface area contributed by atoms with Gasteiger partial charge in [0.05, 0.1) is 36.7 Å². The molecule has 0 aliphatic carbocycles. The molecule has 1 fully saturated rings. The van der Waals surface area contributed by atoms with Gasteiger partial charge in [0.2, 0.25) is 11.9 Å². The van der Waals surface area contributed by atoms with Gasteiger partial charge in [0.15, 0.2) is 5.82 Å². The van der Waals surface area contributed by atoms with Gasteiger partial charge in [0.1, 0.15) is 0 Å². The standard InChI is InChI=1S/C20H20F4N4O2/c1-2-18(29)28-8-7-17(16(11-28)27-19-25-9-15(21)10-26-19)30-12-13-3-5-14(6-4-13)20(22,23)24/h2-6,9-10,16-17H,1,7-8,11-12H2,(H,25,26,27)/t16-,17-/m1/s1. The molecule has 1 aliphatic heterocycles. The fourth-order valence-electron chi connectivity index (χ4n) is 3.14. The van der Waals surface area contributed by atoms with Crippen LogP contribution in [0, 0.1) is 5.82 Å². The first-order chi connectivity index (χ1) is 14.3. The number of nitrogens with one attached hydrogen (secondary N) is 1. The van der Waals surface area contributed by atoms with Crippen LogP contribution in [0.2, 0.25) is 0 Å². The maximum absolute atomic E-state index is 13.1. The summed E-state index contributed by atoms with van der Waals surface area (Å²) in [5.41, 5.74) is -0.139. The number of alkyl halides is 3. The van der Waals surface area contributed by atoms with E-state index < -0.39 is 23.6 Å². The van der Waals surface area contributed by atoms with E-state index in [1.54, 1.807) is 4.90 Å². The molecule has 0 spiro atoms. The van der Waals surface area contributed by atoms with Crippen molar-refractivity contribution in [1.82, 2.24) is 14.9 Å². The normalized spacial score (nSPS) is 19.4. The summed E-state index contributed by atoms with van der Waals surface area (Å²) in [7, 11) is 0. The number of nitrogens with zero attached hydrogens (tertiary/aromatic N) is 3. The summed E-state index contributed by atoms with van der Waals surface area (Å²) in [4.78, 5) is 21.3. The van der Waals surface area contributed by atoms with Crippen molar-refractivity contribution in [1.29, 1.82) is 0 Å². The van der Waals surface area contributed by atoms with Crippen molar-refractivity contribution in [3.8, 4) is 0 Å². The van der Waals surface area contributed by atoms with Gasteiger partial charge in [0, 0.05) is 13.1 Å². The van der Waals surface area contributed by atoms with Gasteiger partial charge in [0.25, 0.3) is 0 Å². The molecule has 160 valence electrons. The summed E-state index contributed by atoms with van der Waals surface area (Å²) >= 11 is 0. The van der Waals surface area contributed by atoms with Crippen LogP contribution >= 0.6 is 0 Å². The molecule has 1 N–H and O–H groups in total. The van der Waals surface area contributed by atoms with Crippen LogP contribution in [-0.4, -0.2) is 46.0 Å². The molecule has 6 nitrogen and oxygen atoms in total. The highest BCUT2D eigenvalue weighted by Crippen LogP contribution is 2.29. The average Bonchev–Trinajstić information content (AvgIpc) is 2.73. The zero-order valence-corrected chi connectivity index (χ0v) is 15.9. The number of hydrogen-bond donors (Lipinski definition) is 1. The van der Waals surface area contributed by atoms with Crippen LogP contribution in [0.4, 0.5) is 23.5 Å². The van der Waals surface area contributed by atoms with Crippen molar-refractivity contribution in [3.63, 3.8) is 0 Å². The molecule has 1 aromatic carbocycles. The molecule has 1 saturated heterocycles. The Kier molecular flexibility index (Phi) is 6.66. The Hall–Kier alpha value is -3.01. The molecular formula is C20H20F4N4O2. The Labute approximate surface area is 170 Å². The number of ether oxygens (including phenoxy) is 1. The van der Waals surface area contributed by atoms with E-state index in [9.17, 15) is 22.4 Å².